The van der Waals surface area contributed by atoms with Crippen molar-refractivity contribution in [3.05, 3.63) is 0 Å². The molecule has 0 rings (SSSR count). The highest BCUT2D eigenvalue weighted by Gasteiger charge is 2.16. The van der Waals surface area contributed by atoms with Gasteiger partial charge in [0.1, 0.15) is 0 Å². The number of unbranched alkanes of at least 4 members (excludes halogenated alkanes) is 1. The second-order valence-corrected chi connectivity index (χ2v) is 8.74. The Kier molecular flexibility index (Phi) is 38.2. The quantitative estimate of drug-likeness (QED) is 0.126. The Morgan fingerprint density at radius 1 is 0.844 bits per heavy atom. The van der Waals surface area contributed by atoms with Gasteiger partial charge in [-0.25, -0.2) is 0 Å². The van der Waals surface area contributed by atoms with Crippen LogP contribution in [0.15, 0.2) is 0 Å². The molecule has 32 heavy (non-hydrogen) atoms. The van der Waals surface area contributed by atoms with Crippen LogP contribution in [0, 0.1) is 5.92 Å². The molecule has 2 atom stereocenters. The summed E-state index contributed by atoms with van der Waals surface area (Å²) >= 11 is 3.53. The lowest BCUT2D eigenvalue weighted by Crippen LogP contribution is -2.41. The largest absolute Gasteiger partial charge is 0.392 e. The topological polar surface area (TPSA) is 103 Å². The van der Waals surface area contributed by atoms with Gasteiger partial charge in [0.25, 0.3) is 0 Å². The molecule has 200 valence electrons. The smallest absolute Gasteiger partial charge is 0.0676 e. The van der Waals surface area contributed by atoms with Crippen molar-refractivity contribution in [3.63, 3.8) is 0 Å². The molecule has 7 N–H and O–H groups in total. The standard InChI is InChI=1S/C13H31N3O.C9H21NO.C2H6.CH4S/c1-4-15-11-12(17)7-10-16-13(2,3)8-5-6-9-14;1-4-10-7-9(11)6-5-8(2)3;2*1-2/h12,15-17H,4-11,14H2,1-3H3;8-11H,4-7H2,1-3H3;1-2H3;2H,1H3. The van der Waals surface area contributed by atoms with E-state index in [1.165, 1.54) is 0 Å². The van der Waals surface area contributed by atoms with Crippen molar-refractivity contribution < 1.29 is 10.2 Å². The summed E-state index contributed by atoms with van der Waals surface area (Å²) < 4.78 is 0. The summed E-state index contributed by atoms with van der Waals surface area (Å²) in [7, 11) is 0. The lowest BCUT2D eigenvalue weighted by atomic mass is 9.97. The molecule has 0 heterocycles. The van der Waals surface area contributed by atoms with Crippen LogP contribution in [0.25, 0.3) is 0 Å². The molecule has 0 amide bonds. The van der Waals surface area contributed by atoms with Crippen molar-refractivity contribution >= 4 is 12.6 Å². The minimum absolute atomic E-state index is 0.146. The summed E-state index contributed by atoms with van der Waals surface area (Å²) in [6.07, 6.45) is 7.52. The molecule has 0 aliphatic rings. The number of hydrogen-bond donors (Lipinski definition) is 7. The summed E-state index contributed by atoms with van der Waals surface area (Å²) in [4.78, 5) is 0. The van der Waals surface area contributed by atoms with E-state index < -0.39 is 0 Å². The molecule has 0 aromatic heterocycles. The Morgan fingerprint density at radius 3 is 1.72 bits per heavy atom. The molecule has 0 aromatic carbocycles. The molecule has 0 radical (unpaired) electrons. The molecular formula is C25H62N4O2S. The average molecular weight is 483 g/mol. The molecule has 6 nitrogen and oxygen atoms in total. The lowest BCUT2D eigenvalue weighted by molar-refractivity contribution is 0.155. The number of rotatable bonds is 17. The molecular weight excluding hydrogens is 420 g/mol. The number of nitrogens with one attached hydrogen (secondary N) is 3. The first-order valence-corrected chi connectivity index (χ1v) is 13.7. The first kappa shape index (κ1) is 39.3. The van der Waals surface area contributed by atoms with E-state index in [1.807, 2.05) is 20.8 Å². The number of thiol groups is 1. The molecule has 0 aromatic rings. The second-order valence-electron chi connectivity index (χ2n) is 8.74. The minimum Gasteiger partial charge on any atom is -0.392 e. The predicted octanol–water partition coefficient (Wildman–Crippen LogP) is 3.81. The predicted molar refractivity (Wildman–Crippen MR) is 149 cm³/mol. The monoisotopic (exact) mass is 482 g/mol. The van der Waals surface area contributed by atoms with Crippen LogP contribution in [0.5, 0.6) is 0 Å². The molecule has 0 spiro atoms. The number of likely N-dealkylation sites (N-methyl/N-ethyl adjacent to an activating group) is 2. The summed E-state index contributed by atoms with van der Waals surface area (Å²) in [5.41, 5.74) is 5.63. The molecule has 0 aliphatic carbocycles. The van der Waals surface area contributed by atoms with Gasteiger partial charge in [-0.05, 0) is 84.3 Å². The summed E-state index contributed by atoms with van der Waals surface area (Å²) in [5, 5.41) is 28.8. The molecule has 7 heteroatoms. The minimum atomic E-state index is -0.248. The van der Waals surface area contributed by atoms with Gasteiger partial charge in [-0.2, -0.15) is 12.6 Å². The summed E-state index contributed by atoms with van der Waals surface area (Å²) in [6.45, 7) is 21.8. The maximum absolute atomic E-state index is 9.67. The number of aliphatic hydroxyl groups is 2. The van der Waals surface area contributed by atoms with Crippen LogP contribution < -0.4 is 21.7 Å². The zero-order valence-corrected chi connectivity index (χ0v) is 24.0. The molecule has 2 unspecified atom stereocenters. The van der Waals surface area contributed by atoms with Gasteiger partial charge in [-0.15, -0.1) is 0 Å². The summed E-state index contributed by atoms with van der Waals surface area (Å²) in [5.74, 6) is 0.700. The van der Waals surface area contributed by atoms with Crippen molar-refractivity contribution in [2.24, 2.45) is 11.7 Å². The Hall–Kier alpha value is 0.110. The van der Waals surface area contributed by atoms with Gasteiger partial charge >= 0.3 is 0 Å². The number of nitrogens with two attached hydrogens (primary N) is 1. The van der Waals surface area contributed by atoms with Crippen LogP contribution in [0.2, 0.25) is 0 Å². The molecule has 0 fully saturated rings. The van der Waals surface area contributed by atoms with Crippen LogP contribution in [0.1, 0.15) is 93.9 Å². The Labute approximate surface area is 207 Å². The number of hydrogen-bond acceptors (Lipinski definition) is 7. The van der Waals surface area contributed by atoms with Gasteiger partial charge in [0.05, 0.1) is 12.2 Å². The average Bonchev–Trinajstić information content (AvgIpc) is 2.78. The lowest BCUT2D eigenvalue weighted by Gasteiger charge is -2.27. The zero-order chi connectivity index (χ0) is 25.8. The fraction of sp³-hybridized carbons (Fsp3) is 1.00. The van der Waals surface area contributed by atoms with E-state index in [9.17, 15) is 10.2 Å². The Balaban J connectivity index is -0.000000225. The van der Waals surface area contributed by atoms with E-state index in [2.05, 4.69) is 63.2 Å². The van der Waals surface area contributed by atoms with E-state index in [4.69, 9.17) is 5.73 Å². The van der Waals surface area contributed by atoms with Gasteiger partial charge in [-0.3, -0.25) is 0 Å². The van der Waals surface area contributed by atoms with Crippen molar-refractivity contribution in [3.8, 4) is 0 Å². The van der Waals surface area contributed by atoms with Crippen molar-refractivity contribution in [1.29, 1.82) is 0 Å². The SMILES string of the molecule is CC.CCNCC(O)CCC(C)C.CCNCC(O)CCNC(C)(C)CCCCN.CS. The van der Waals surface area contributed by atoms with Gasteiger partial charge in [0.15, 0.2) is 0 Å². The Morgan fingerprint density at radius 2 is 1.31 bits per heavy atom. The Bertz CT molecular complexity index is 322. The first-order chi connectivity index (χ1) is 15.2. The van der Waals surface area contributed by atoms with E-state index in [1.54, 1.807) is 6.26 Å². The van der Waals surface area contributed by atoms with Gasteiger partial charge in [0, 0.05) is 18.6 Å². The van der Waals surface area contributed by atoms with E-state index >= 15 is 0 Å². The van der Waals surface area contributed by atoms with Gasteiger partial charge in [0.2, 0.25) is 0 Å². The van der Waals surface area contributed by atoms with Crippen molar-refractivity contribution in [1.82, 2.24) is 16.0 Å². The highest BCUT2D eigenvalue weighted by atomic mass is 32.1. The third kappa shape index (κ3) is 37.4. The van der Waals surface area contributed by atoms with E-state index in [0.29, 0.717) is 12.5 Å². The highest BCUT2D eigenvalue weighted by Crippen LogP contribution is 2.12. The summed E-state index contributed by atoms with van der Waals surface area (Å²) in [6, 6.07) is 0. The molecule has 0 saturated carbocycles. The van der Waals surface area contributed by atoms with Crippen LogP contribution in [-0.4, -0.2) is 73.5 Å². The fourth-order valence-corrected chi connectivity index (χ4v) is 2.73. The van der Waals surface area contributed by atoms with Crippen LogP contribution in [-0.2, 0) is 0 Å². The third-order valence-corrected chi connectivity index (χ3v) is 4.67. The van der Waals surface area contributed by atoms with Gasteiger partial charge < -0.3 is 31.9 Å². The van der Waals surface area contributed by atoms with Gasteiger partial charge in [-0.1, -0.05) is 48.0 Å². The molecule has 0 bridgehead atoms. The third-order valence-electron chi connectivity index (χ3n) is 4.67. The van der Waals surface area contributed by atoms with Crippen LogP contribution >= 0.6 is 12.6 Å². The maximum Gasteiger partial charge on any atom is 0.0676 e. The first-order valence-electron chi connectivity index (χ1n) is 12.9. The normalized spacial score (nSPS) is 12.6. The van der Waals surface area contributed by atoms with Crippen LogP contribution in [0.4, 0.5) is 0 Å². The molecule has 0 saturated heterocycles. The van der Waals surface area contributed by atoms with E-state index in [0.717, 1.165) is 71.2 Å². The second kappa shape index (κ2) is 31.1. The zero-order valence-electron chi connectivity index (χ0n) is 23.1. The van der Waals surface area contributed by atoms with Crippen molar-refractivity contribution in [2.75, 3.05) is 45.5 Å². The van der Waals surface area contributed by atoms with Crippen LogP contribution in [0.3, 0.4) is 0 Å². The van der Waals surface area contributed by atoms with E-state index in [-0.39, 0.29) is 17.7 Å². The van der Waals surface area contributed by atoms with Crippen molar-refractivity contribution in [2.45, 2.75) is 112 Å². The fourth-order valence-electron chi connectivity index (χ4n) is 2.73. The number of aliphatic hydroxyl groups excluding tert-OH is 2. The molecule has 0 aliphatic heterocycles. The highest BCUT2D eigenvalue weighted by molar-refractivity contribution is 7.79. The maximum atomic E-state index is 9.67.